The third kappa shape index (κ3) is 4.98. The highest BCUT2D eigenvalue weighted by Gasteiger charge is 2.22. The molecule has 5 nitrogen and oxygen atoms in total. The SMILES string of the molecule is Cc1ccc(-c2c(COc3cc4ccccc4c(C)c3C(=O)O)c(C)nc(CC(C)C)c2CN)cc1. The van der Waals surface area contributed by atoms with Gasteiger partial charge in [-0.1, -0.05) is 67.9 Å². The van der Waals surface area contributed by atoms with E-state index >= 15 is 0 Å². The van der Waals surface area contributed by atoms with E-state index in [1.54, 1.807) is 0 Å². The van der Waals surface area contributed by atoms with Crippen molar-refractivity contribution < 1.29 is 14.6 Å². The highest BCUT2D eigenvalue weighted by Crippen LogP contribution is 2.35. The fourth-order valence-corrected chi connectivity index (χ4v) is 4.89. The van der Waals surface area contributed by atoms with Crippen molar-refractivity contribution in [3.8, 4) is 16.9 Å². The minimum Gasteiger partial charge on any atom is -0.488 e. The van der Waals surface area contributed by atoms with Gasteiger partial charge in [0, 0.05) is 23.5 Å². The second kappa shape index (κ2) is 10.5. The van der Waals surface area contributed by atoms with Crippen LogP contribution in [0.4, 0.5) is 0 Å². The Morgan fingerprint density at radius 3 is 2.36 bits per heavy atom. The van der Waals surface area contributed by atoms with Crippen molar-refractivity contribution in [1.29, 1.82) is 0 Å². The molecule has 0 amide bonds. The molecule has 36 heavy (non-hydrogen) atoms. The predicted octanol–water partition coefficient (Wildman–Crippen LogP) is 6.76. The number of carbonyl (C=O) groups is 1. The minimum absolute atomic E-state index is 0.187. The molecule has 0 saturated carbocycles. The van der Waals surface area contributed by atoms with E-state index in [4.69, 9.17) is 15.5 Å². The topological polar surface area (TPSA) is 85.4 Å². The van der Waals surface area contributed by atoms with Crippen molar-refractivity contribution in [2.24, 2.45) is 11.7 Å². The summed E-state index contributed by atoms with van der Waals surface area (Å²) >= 11 is 0. The van der Waals surface area contributed by atoms with Gasteiger partial charge < -0.3 is 15.6 Å². The van der Waals surface area contributed by atoms with E-state index in [9.17, 15) is 9.90 Å². The van der Waals surface area contributed by atoms with E-state index in [2.05, 4.69) is 45.0 Å². The number of aromatic nitrogens is 1. The number of fused-ring (bicyclic) bond motifs is 1. The summed E-state index contributed by atoms with van der Waals surface area (Å²) in [6.45, 7) is 10.8. The van der Waals surface area contributed by atoms with Gasteiger partial charge in [0.2, 0.25) is 0 Å². The minimum atomic E-state index is -1.00. The van der Waals surface area contributed by atoms with Crippen LogP contribution >= 0.6 is 0 Å². The number of hydrogen-bond acceptors (Lipinski definition) is 4. The molecule has 0 atom stereocenters. The molecule has 0 unspecified atom stereocenters. The van der Waals surface area contributed by atoms with Crippen LogP contribution in [0.3, 0.4) is 0 Å². The number of pyridine rings is 1. The van der Waals surface area contributed by atoms with Gasteiger partial charge >= 0.3 is 5.97 Å². The molecule has 0 saturated heterocycles. The Morgan fingerprint density at radius 2 is 1.72 bits per heavy atom. The fraction of sp³-hybridized carbons (Fsp3) is 0.290. The monoisotopic (exact) mass is 482 g/mol. The van der Waals surface area contributed by atoms with Gasteiger partial charge in [0.1, 0.15) is 17.9 Å². The highest BCUT2D eigenvalue weighted by atomic mass is 16.5. The van der Waals surface area contributed by atoms with E-state index in [0.717, 1.165) is 50.8 Å². The molecule has 0 aliphatic heterocycles. The van der Waals surface area contributed by atoms with Gasteiger partial charge in [-0.25, -0.2) is 4.79 Å². The molecule has 5 heteroatoms. The summed E-state index contributed by atoms with van der Waals surface area (Å²) < 4.78 is 6.30. The summed E-state index contributed by atoms with van der Waals surface area (Å²) in [5.41, 5.74) is 14.3. The van der Waals surface area contributed by atoms with Gasteiger partial charge in [0.25, 0.3) is 0 Å². The molecule has 1 aromatic heterocycles. The molecule has 186 valence electrons. The Bertz CT molecular complexity index is 1420. The smallest absolute Gasteiger partial charge is 0.339 e. The van der Waals surface area contributed by atoms with Crippen LogP contribution in [0.25, 0.3) is 21.9 Å². The van der Waals surface area contributed by atoms with Crippen molar-refractivity contribution >= 4 is 16.7 Å². The van der Waals surface area contributed by atoms with Gasteiger partial charge in [0.05, 0.1) is 0 Å². The maximum absolute atomic E-state index is 12.2. The second-order valence-electron chi connectivity index (χ2n) is 9.83. The van der Waals surface area contributed by atoms with Crippen LogP contribution in [0.15, 0.2) is 54.6 Å². The van der Waals surface area contributed by atoms with Crippen molar-refractivity contribution in [3.63, 3.8) is 0 Å². The maximum atomic E-state index is 12.2. The first-order valence-corrected chi connectivity index (χ1v) is 12.4. The van der Waals surface area contributed by atoms with Gasteiger partial charge in [-0.05, 0) is 72.2 Å². The standard InChI is InChI=1S/C31H34N2O3/c1-18(2)14-27-25(16-32)30(22-12-10-19(3)11-13-22)26(21(5)33-27)17-36-28-15-23-8-6-7-9-24(23)20(4)29(28)31(34)35/h6-13,15,18H,14,16-17,32H2,1-5H3,(H,34,35). The summed E-state index contributed by atoms with van der Waals surface area (Å²) in [7, 11) is 0. The van der Waals surface area contributed by atoms with Crippen LogP contribution in [0.1, 0.15) is 57.8 Å². The van der Waals surface area contributed by atoms with E-state index in [-0.39, 0.29) is 12.2 Å². The molecular weight excluding hydrogens is 448 g/mol. The highest BCUT2D eigenvalue weighted by molar-refractivity contribution is 6.00. The lowest BCUT2D eigenvalue weighted by Crippen LogP contribution is -2.15. The molecular formula is C31H34N2O3. The summed E-state index contributed by atoms with van der Waals surface area (Å²) in [5, 5.41) is 11.9. The first kappa shape index (κ1) is 25.4. The number of rotatable bonds is 8. The number of ether oxygens (including phenoxy) is 1. The van der Waals surface area contributed by atoms with Crippen LogP contribution < -0.4 is 10.5 Å². The number of aryl methyl sites for hydroxylation is 3. The normalized spacial score (nSPS) is 11.3. The van der Waals surface area contributed by atoms with Gasteiger partial charge in [-0.3, -0.25) is 4.98 Å². The van der Waals surface area contributed by atoms with E-state index in [1.165, 1.54) is 5.56 Å². The molecule has 0 bridgehead atoms. The van der Waals surface area contributed by atoms with Crippen LogP contribution in [0, 0.1) is 26.7 Å². The third-order valence-corrected chi connectivity index (χ3v) is 6.70. The lowest BCUT2D eigenvalue weighted by Gasteiger charge is -2.22. The van der Waals surface area contributed by atoms with Gasteiger partial charge in [-0.2, -0.15) is 0 Å². The fourth-order valence-electron chi connectivity index (χ4n) is 4.89. The van der Waals surface area contributed by atoms with Crippen LogP contribution in [-0.2, 0) is 19.6 Å². The predicted molar refractivity (Wildman–Crippen MR) is 146 cm³/mol. The number of hydrogen-bond donors (Lipinski definition) is 2. The number of benzene rings is 3. The molecule has 0 aliphatic carbocycles. The number of carboxylic acid groups (broad SMARTS) is 1. The zero-order valence-corrected chi connectivity index (χ0v) is 21.7. The molecule has 0 aliphatic rings. The van der Waals surface area contributed by atoms with Crippen molar-refractivity contribution in [1.82, 2.24) is 4.98 Å². The van der Waals surface area contributed by atoms with E-state index in [0.29, 0.717) is 23.8 Å². The van der Waals surface area contributed by atoms with Crippen molar-refractivity contribution in [2.45, 2.75) is 54.2 Å². The van der Waals surface area contributed by atoms with E-state index in [1.807, 2.05) is 44.2 Å². The summed E-state index contributed by atoms with van der Waals surface area (Å²) in [6.07, 6.45) is 0.834. The van der Waals surface area contributed by atoms with Crippen LogP contribution in [0.5, 0.6) is 5.75 Å². The molecule has 0 radical (unpaired) electrons. The number of nitrogens with zero attached hydrogens (tertiary/aromatic N) is 1. The quantitative estimate of drug-likeness (QED) is 0.290. The molecule has 3 aromatic carbocycles. The molecule has 1 heterocycles. The molecule has 0 spiro atoms. The average Bonchev–Trinajstić information content (AvgIpc) is 2.83. The van der Waals surface area contributed by atoms with Gasteiger partial charge in [-0.15, -0.1) is 0 Å². The zero-order valence-electron chi connectivity index (χ0n) is 21.7. The summed E-state index contributed by atoms with van der Waals surface area (Å²) in [4.78, 5) is 17.2. The summed E-state index contributed by atoms with van der Waals surface area (Å²) in [6, 6.07) is 18.0. The van der Waals surface area contributed by atoms with Crippen LogP contribution in [-0.4, -0.2) is 16.1 Å². The largest absolute Gasteiger partial charge is 0.488 e. The first-order valence-electron chi connectivity index (χ1n) is 12.4. The average molecular weight is 483 g/mol. The molecule has 4 rings (SSSR count). The Hall–Kier alpha value is -3.70. The molecule has 0 fully saturated rings. The number of carboxylic acids is 1. The summed E-state index contributed by atoms with van der Waals surface area (Å²) in [5.74, 6) is -0.209. The van der Waals surface area contributed by atoms with Crippen molar-refractivity contribution in [2.75, 3.05) is 0 Å². The lowest BCUT2D eigenvalue weighted by molar-refractivity contribution is 0.0691. The van der Waals surface area contributed by atoms with Crippen molar-refractivity contribution in [3.05, 3.63) is 93.8 Å². The Labute approximate surface area is 213 Å². The zero-order chi connectivity index (χ0) is 26.0. The number of aromatic carboxylic acids is 1. The van der Waals surface area contributed by atoms with Gasteiger partial charge in [0.15, 0.2) is 0 Å². The third-order valence-electron chi connectivity index (χ3n) is 6.70. The Kier molecular flexibility index (Phi) is 7.41. The Morgan fingerprint density at radius 1 is 1.03 bits per heavy atom. The maximum Gasteiger partial charge on any atom is 0.339 e. The van der Waals surface area contributed by atoms with Crippen LogP contribution in [0.2, 0.25) is 0 Å². The number of nitrogens with two attached hydrogens (primary N) is 1. The molecule has 4 aromatic rings. The molecule has 3 N–H and O–H groups in total. The second-order valence-corrected chi connectivity index (χ2v) is 9.83. The first-order chi connectivity index (χ1) is 17.2. The lowest BCUT2D eigenvalue weighted by atomic mass is 9.90. The Balaban J connectivity index is 1.86. The van der Waals surface area contributed by atoms with E-state index < -0.39 is 5.97 Å².